The summed E-state index contributed by atoms with van der Waals surface area (Å²) in [5, 5.41) is 10.5. The fraction of sp³-hybridized carbons (Fsp3) is 0.429. The molecule has 4 rings (SSSR count). The predicted octanol–water partition coefficient (Wildman–Crippen LogP) is 9.12. The molecule has 0 radical (unpaired) electrons. The standard InChI is InChI=1S/C25H34N.C10H11NO3.Ru/c1-18(2)21-14-11-15-22(19(3)4)23(21)26-17-25(7,16-24(26,5)6)20-12-9-8-10-13-20;1-7(2)14-10-5-4-9(11(12)13)6-8(10)3;/h8-15,17-19H,16H2,1-7H3;3-7H,1-2H3;/q-1;;+1. The first-order chi connectivity index (χ1) is 19.2. The molecule has 0 aromatic heterocycles. The van der Waals surface area contributed by atoms with E-state index in [4.69, 9.17) is 4.74 Å². The van der Waals surface area contributed by atoms with Crippen LogP contribution in [0.1, 0.15) is 103 Å². The fourth-order valence-corrected chi connectivity index (χ4v) is 6.12. The maximum absolute atomic E-state index is 10.5. The van der Waals surface area contributed by atoms with Crippen molar-refractivity contribution >= 4 is 16.0 Å². The monoisotopic (exact) mass is 643 g/mol. The molecule has 3 aromatic carbocycles. The first-order valence-corrected chi connectivity index (χ1v) is 15.4. The first-order valence-electron chi connectivity index (χ1n) is 14.4. The van der Waals surface area contributed by atoms with Crippen molar-refractivity contribution in [2.45, 2.75) is 97.6 Å². The molecule has 1 aliphatic rings. The Kier molecular flexibility index (Phi) is 10.7. The summed E-state index contributed by atoms with van der Waals surface area (Å²) < 4.78 is 7.23. The Morgan fingerprint density at radius 2 is 1.51 bits per heavy atom. The third-order valence-electron chi connectivity index (χ3n) is 7.56. The van der Waals surface area contributed by atoms with Gasteiger partial charge in [-0.25, -0.2) is 6.54 Å². The number of hydrogen-bond acceptors (Lipinski definition) is 4. The van der Waals surface area contributed by atoms with E-state index < -0.39 is 4.92 Å². The number of nitro benzene ring substituents is 1. The fourth-order valence-electron chi connectivity index (χ4n) is 5.73. The molecule has 1 heterocycles. The third kappa shape index (κ3) is 7.71. The van der Waals surface area contributed by atoms with Gasteiger partial charge in [-0.15, -0.1) is 5.41 Å². The van der Waals surface area contributed by atoms with Gasteiger partial charge in [-0.3, -0.25) is 0 Å². The zero-order valence-electron chi connectivity index (χ0n) is 25.9. The molecule has 0 N–H and O–H groups in total. The molecule has 1 unspecified atom stereocenters. The van der Waals surface area contributed by atoms with Crippen LogP contribution in [-0.4, -0.2) is 21.2 Å². The van der Waals surface area contributed by atoms with Gasteiger partial charge in [0.25, 0.3) is 0 Å². The molecule has 3 aromatic rings. The van der Waals surface area contributed by atoms with Crippen LogP contribution in [0.25, 0.3) is 0 Å². The number of non-ortho nitro benzene ring substituents is 1. The molecule has 1 atom stereocenters. The zero-order chi connectivity index (χ0) is 30.5. The first kappa shape index (κ1) is 32.7. The van der Waals surface area contributed by atoms with Crippen molar-refractivity contribution in [1.29, 1.82) is 0 Å². The molecule has 5 nitrogen and oxygen atoms in total. The van der Waals surface area contributed by atoms with E-state index in [-0.39, 0.29) is 22.7 Å². The smallest absolute Gasteiger partial charge is 0.0145 e. The second-order valence-corrected chi connectivity index (χ2v) is 13.1. The Hall–Kier alpha value is -2.85. The SMILES string of the molecule is CC(C)Oc1ccc([N+](=O)[O-])cc1[CH]=[Ru+].CC(C)c1cccc(C(C)C)c1N1[CH-]C(C)(c2ccccc2)CC1(C)C. The number of ether oxygens (including phenoxy) is 1. The van der Waals surface area contributed by atoms with Gasteiger partial charge in [-0.05, 0) is 43.2 Å². The Morgan fingerprint density at radius 1 is 0.927 bits per heavy atom. The number of nitro groups is 1. The summed E-state index contributed by atoms with van der Waals surface area (Å²) in [7, 11) is 0. The van der Waals surface area contributed by atoms with E-state index in [1.54, 1.807) is 10.7 Å². The quantitative estimate of drug-likeness (QED) is 0.106. The van der Waals surface area contributed by atoms with Gasteiger partial charge < -0.3 is 4.90 Å². The van der Waals surface area contributed by atoms with Gasteiger partial charge in [0.2, 0.25) is 0 Å². The van der Waals surface area contributed by atoms with Gasteiger partial charge in [0.05, 0.1) is 0 Å². The second kappa shape index (κ2) is 13.4. The summed E-state index contributed by atoms with van der Waals surface area (Å²) in [5.74, 6) is 1.68. The van der Waals surface area contributed by atoms with Crippen molar-refractivity contribution < 1.29 is 27.5 Å². The average molecular weight is 643 g/mol. The van der Waals surface area contributed by atoms with Crippen LogP contribution in [-0.2, 0) is 23.3 Å². The van der Waals surface area contributed by atoms with E-state index in [9.17, 15) is 10.1 Å². The minimum Gasteiger partial charge on any atom is -0.517 e. The molecule has 1 saturated heterocycles. The molecule has 1 fully saturated rings. The molecular weight excluding hydrogens is 597 g/mol. The molecule has 221 valence electrons. The Morgan fingerprint density at radius 3 is 2.00 bits per heavy atom. The van der Waals surface area contributed by atoms with Crippen molar-refractivity contribution in [1.82, 2.24) is 0 Å². The van der Waals surface area contributed by atoms with Crippen molar-refractivity contribution in [2.24, 2.45) is 0 Å². The number of para-hydroxylation sites is 1. The predicted molar refractivity (Wildman–Crippen MR) is 168 cm³/mol. The van der Waals surface area contributed by atoms with Gasteiger partial charge in [0.15, 0.2) is 0 Å². The van der Waals surface area contributed by atoms with Crippen LogP contribution in [0, 0.1) is 16.7 Å². The molecule has 0 amide bonds. The van der Waals surface area contributed by atoms with E-state index in [0.717, 1.165) is 6.42 Å². The number of anilines is 1. The van der Waals surface area contributed by atoms with Crippen LogP contribution in [0.4, 0.5) is 11.4 Å². The summed E-state index contributed by atoms with van der Waals surface area (Å²) in [5.41, 5.74) is 6.68. The van der Waals surface area contributed by atoms with Crippen LogP contribution in [0.5, 0.6) is 5.75 Å². The summed E-state index contributed by atoms with van der Waals surface area (Å²) in [6.45, 7) is 22.7. The molecular formula is C35H45N2O3Ru. The average Bonchev–Trinajstić information content (AvgIpc) is 3.17. The largest absolute Gasteiger partial charge is 0.517 e. The number of benzene rings is 3. The van der Waals surface area contributed by atoms with Crippen molar-refractivity contribution in [3.63, 3.8) is 0 Å². The van der Waals surface area contributed by atoms with Crippen molar-refractivity contribution in [3.05, 3.63) is 106 Å². The Balaban J connectivity index is 0.000000263. The van der Waals surface area contributed by atoms with E-state index in [2.05, 4.69) is 126 Å². The minimum absolute atomic E-state index is 0.0526. The summed E-state index contributed by atoms with van der Waals surface area (Å²) in [4.78, 5) is 12.7. The Labute approximate surface area is 256 Å². The van der Waals surface area contributed by atoms with Crippen molar-refractivity contribution in [3.8, 4) is 5.75 Å². The van der Waals surface area contributed by atoms with Gasteiger partial charge in [0, 0.05) is 11.2 Å². The van der Waals surface area contributed by atoms with Crippen LogP contribution in [0.3, 0.4) is 0 Å². The van der Waals surface area contributed by atoms with Crippen LogP contribution in [0.2, 0.25) is 0 Å². The maximum Gasteiger partial charge on any atom is 0.0145 e. The van der Waals surface area contributed by atoms with E-state index >= 15 is 0 Å². The van der Waals surface area contributed by atoms with E-state index in [1.807, 2.05) is 13.8 Å². The zero-order valence-corrected chi connectivity index (χ0v) is 27.7. The summed E-state index contributed by atoms with van der Waals surface area (Å²) >= 11 is 2.32. The van der Waals surface area contributed by atoms with E-state index in [1.165, 1.54) is 34.5 Å². The minimum atomic E-state index is -0.418. The van der Waals surface area contributed by atoms with Crippen LogP contribution < -0.4 is 9.64 Å². The summed E-state index contributed by atoms with van der Waals surface area (Å²) in [6, 6.07) is 22.4. The van der Waals surface area contributed by atoms with E-state index in [0.29, 0.717) is 23.1 Å². The van der Waals surface area contributed by atoms with Gasteiger partial charge in [0.1, 0.15) is 0 Å². The van der Waals surface area contributed by atoms with Gasteiger partial charge in [-0.2, -0.15) is 0 Å². The molecule has 1 aliphatic heterocycles. The van der Waals surface area contributed by atoms with Crippen LogP contribution in [0.15, 0.2) is 66.7 Å². The molecule has 0 saturated carbocycles. The van der Waals surface area contributed by atoms with Gasteiger partial charge >= 0.3 is 97.4 Å². The normalized spacial score (nSPS) is 17.9. The molecule has 0 spiro atoms. The summed E-state index contributed by atoms with van der Waals surface area (Å²) in [6.07, 6.45) is 1.17. The maximum atomic E-state index is 10.5. The number of rotatable bonds is 8. The molecule has 6 heteroatoms. The van der Waals surface area contributed by atoms with Gasteiger partial charge in [-0.1, -0.05) is 88.7 Å². The third-order valence-corrected chi connectivity index (χ3v) is 8.10. The molecule has 0 bridgehead atoms. The van der Waals surface area contributed by atoms with Crippen molar-refractivity contribution in [2.75, 3.05) is 4.90 Å². The topological polar surface area (TPSA) is 55.6 Å². The van der Waals surface area contributed by atoms with Crippen LogP contribution >= 0.6 is 0 Å². The Bertz CT molecular complexity index is 1320. The molecule has 41 heavy (non-hydrogen) atoms. The number of nitrogens with zero attached hydrogens (tertiary/aromatic N) is 2. The molecule has 0 aliphatic carbocycles. The number of hydrogen-bond donors (Lipinski definition) is 0. The second-order valence-electron chi connectivity index (χ2n) is 12.6.